The number of anilines is 2. The number of hydrogen-bond donors (Lipinski definition) is 2. The molecule has 0 saturated carbocycles. The molecule has 5 nitrogen and oxygen atoms in total. The summed E-state index contributed by atoms with van der Waals surface area (Å²) in [4.78, 5) is 26.3. The van der Waals surface area contributed by atoms with Crippen LogP contribution < -0.4 is 15.4 Å². The smallest absolute Gasteiger partial charge is 0.255 e. The second-order valence-corrected chi connectivity index (χ2v) is 8.81. The minimum atomic E-state index is -0.247. The Balaban J connectivity index is 1.66. The maximum Gasteiger partial charge on any atom is 0.255 e. The van der Waals surface area contributed by atoms with Crippen molar-refractivity contribution in [1.82, 2.24) is 0 Å². The van der Waals surface area contributed by atoms with E-state index >= 15 is 0 Å². The first-order valence-corrected chi connectivity index (χ1v) is 11.4. The lowest BCUT2D eigenvalue weighted by atomic mass is 10.1. The second-order valence-electron chi connectivity index (χ2n) is 7.53. The largest absolute Gasteiger partial charge is 0.497 e. The van der Waals surface area contributed by atoms with Gasteiger partial charge in [-0.05, 0) is 74.4 Å². The van der Waals surface area contributed by atoms with E-state index in [4.69, 9.17) is 4.74 Å². The first-order valence-electron chi connectivity index (χ1n) is 10.5. The molecule has 1 unspecified atom stereocenters. The summed E-state index contributed by atoms with van der Waals surface area (Å²) in [5.74, 6) is 0.469. The molecule has 6 heteroatoms. The molecule has 0 aliphatic carbocycles. The minimum absolute atomic E-state index is 0.0304. The van der Waals surface area contributed by atoms with E-state index in [0.29, 0.717) is 23.4 Å². The molecule has 166 valence electrons. The maximum absolute atomic E-state index is 12.9. The predicted molar refractivity (Wildman–Crippen MR) is 132 cm³/mol. The molecule has 0 spiro atoms. The van der Waals surface area contributed by atoms with Gasteiger partial charge in [0.15, 0.2) is 0 Å². The Morgan fingerprint density at radius 2 is 1.72 bits per heavy atom. The highest BCUT2D eigenvalue weighted by Gasteiger charge is 2.19. The molecule has 2 amide bonds. The van der Waals surface area contributed by atoms with Crippen LogP contribution in [0.25, 0.3) is 0 Å². The molecule has 0 aromatic heterocycles. The molecule has 0 radical (unpaired) electrons. The number of ether oxygens (including phenoxy) is 1. The number of amides is 2. The van der Waals surface area contributed by atoms with Crippen LogP contribution in [-0.4, -0.2) is 24.2 Å². The summed E-state index contributed by atoms with van der Waals surface area (Å²) < 4.78 is 5.13. The van der Waals surface area contributed by atoms with Crippen LogP contribution in [0.1, 0.15) is 34.8 Å². The van der Waals surface area contributed by atoms with Gasteiger partial charge >= 0.3 is 0 Å². The molecule has 0 heterocycles. The summed E-state index contributed by atoms with van der Waals surface area (Å²) in [6, 6.07) is 20.5. The topological polar surface area (TPSA) is 67.4 Å². The number of rotatable bonds is 8. The molecule has 0 fully saturated rings. The average molecular weight is 449 g/mol. The molecule has 32 heavy (non-hydrogen) atoms. The number of thioether (sulfide) groups is 1. The van der Waals surface area contributed by atoms with Crippen molar-refractivity contribution in [2.75, 3.05) is 17.7 Å². The lowest BCUT2D eigenvalue weighted by molar-refractivity contribution is -0.115. The third kappa shape index (κ3) is 6.14. The zero-order valence-electron chi connectivity index (χ0n) is 18.8. The summed E-state index contributed by atoms with van der Waals surface area (Å²) in [7, 11) is 1.59. The van der Waals surface area contributed by atoms with Gasteiger partial charge in [-0.25, -0.2) is 0 Å². The van der Waals surface area contributed by atoms with Gasteiger partial charge in [-0.15, -0.1) is 11.8 Å². The highest BCUT2D eigenvalue weighted by Crippen LogP contribution is 2.29. The van der Waals surface area contributed by atoms with Crippen molar-refractivity contribution in [2.24, 2.45) is 0 Å². The molecule has 3 aromatic carbocycles. The van der Waals surface area contributed by atoms with Crippen molar-refractivity contribution in [2.45, 2.75) is 37.3 Å². The number of carbonyl (C=O) groups is 2. The van der Waals surface area contributed by atoms with Gasteiger partial charge in [-0.2, -0.15) is 0 Å². The van der Waals surface area contributed by atoms with Crippen molar-refractivity contribution in [3.05, 3.63) is 83.4 Å². The molecule has 0 aliphatic heterocycles. The predicted octanol–water partition coefficient (Wildman–Crippen LogP) is 6.07. The highest BCUT2D eigenvalue weighted by atomic mass is 32.2. The van der Waals surface area contributed by atoms with E-state index in [1.807, 2.05) is 57.2 Å². The van der Waals surface area contributed by atoms with Crippen molar-refractivity contribution >= 4 is 35.0 Å². The van der Waals surface area contributed by atoms with E-state index in [-0.39, 0.29) is 17.1 Å². The zero-order chi connectivity index (χ0) is 23.1. The highest BCUT2D eigenvalue weighted by molar-refractivity contribution is 8.00. The fourth-order valence-electron chi connectivity index (χ4n) is 3.25. The van der Waals surface area contributed by atoms with E-state index in [1.54, 1.807) is 31.4 Å². The molecule has 0 saturated heterocycles. The second kappa shape index (κ2) is 10.9. The molecule has 0 aliphatic rings. The summed E-state index contributed by atoms with van der Waals surface area (Å²) >= 11 is 1.49. The lowest BCUT2D eigenvalue weighted by Gasteiger charge is -2.17. The Morgan fingerprint density at radius 3 is 2.38 bits per heavy atom. The van der Waals surface area contributed by atoms with Crippen molar-refractivity contribution in [1.29, 1.82) is 0 Å². The van der Waals surface area contributed by atoms with Crippen molar-refractivity contribution < 1.29 is 14.3 Å². The fourth-order valence-corrected chi connectivity index (χ4v) is 4.26. The van der Waals surface area contributed by atoms with Crippen LogP contribution in [-0.2, 0) is 4.79 Å². The molecular weight excluding hydrogens is 420 g/mol. The van der Waals surface area contributed by atoms with Crippen LogP contribution in [0.15, 0.2) is 71.6 Å². The standard InChI is InChI=1S/C26H28N2O3S/c1-5-24(26(30)28-23-14-9-17(2)15-18(23)3)32-22-8-6-7-20(16-22)27-25(29)19-10-12-21(31-4)13-11-19/h6-16,24H,5H2,1-4H3,(H,27,29)(H,28,30). The van der Waals surface area contributed by atoms with Gasteiger partial charge in [0.25, 0.3) is 5.91 Å². The quantitative estimate of drug-likeness (QED) is 0.410. The number of nitrogens with one attached hydrogen (secondary N) is 2. The van der Waals surface area contributed by atoms with Crippen molar-refractivity contribution in [3.63, 3.8) is 0 Å². The van der Waals surface area contributed by atoms with E-state index in [9.17, 15) is 9.59 Å². The monoisotopic (exact) mass is 448 g/mol. The number of benzene rings is 3. The SMILES string of the molecule is CCC(Sc1cccc(NC(=O)c2ccc(OC)cc2)c1)C(=O)Nc1ccc(C)cc1C. The van der Waals surface area contributed by atoms with E-state index in [2.05, 4.69) is 16.7 Å². The molecular formula is C26H28N2O3S. The molecule has 2 N–H and O–H groups in total. The first-order chi connectivity index (χ1) is 15.4. The molecule has 3 rings (SSSR count). The Kier molecular flexibility index (Phi) is 7.95. The van der Waals surface area contributed by atoms with Crippen LogP contribution in [0, 0.1) is 13.8 Å². The van der Waals surface area contributed by atoms with Crippen LogP contribution in [0.5, 0.6) is 5.75 Å². The van der Waals surface area contributed by atoms with Gasteiger partial charge < -0.3 is 15.4 Å². The van der Waals surface area contributed by atoms with Crippen molar-refractivity contribution in [3.8, 4) is 5.75 Å². The van der Waals surface area contributed by atoms with Gasteiger partial charge in [-0.1, -0.05) is 30.7 Å². The Labute approximate surface area is 193 Å². The molecule has 0 bridgehead atoms. The summed E-state index contributed by atoms with van der Waals surface area (Å²) in [5, 5.41) is 5.72. The third-order valence-electron chi connectivity index (χ3n) is 5.03. The Hall–Kier alpha value is -3.25. The molecule has 3 aromatic rings. The van der Waals surface area contributed by atoms with Gasteiger partial charge in [0, 0.05) is 21.8 Å². The number of hydrogen-bond acceptors (Lipinski definition) is 4. The lowest BCUT2D eigenvalue weighted by Crippen LogP contribution is -2.25. The van der Waals surface area contributed by atoms with E-state index < -0.39 is 0 Å². The third-order valence-corrected chi connectivity index (χ3v) is 6.38. The van der Waals surface area contributed by atoms with E-state index in [0.717, 1.165) is 21.7 Å². The van der Waals surface area contributed by atoms with Gasteiger partial charge in [0.05, 0.1) is 12.4 Å². The van der Waals surface area contributed by atoms with Gasteiger partial charge in [0.2, 0.25) is 5.91 Å². The van der Waals surface area contributed by atoms with Gasteiger partial charge in [0.1, 0.15) is 5.75 Å². The summed E-state index contributed by atoms with van der Waals surface area (Å²) in [6.07, 6.45) is 0.684. The fraction of sp³-hybridized carbons (Fsp3) is 0.231. The number of aryl methyl sites for hydroxylation is 2. The summed E-state index contributed by atoms with van der Waals surface area (Å²) in [5.41, 5.74) is 4.26. The molecule has 1 atom stereocenters. The van der Waals surface area contributed by atoms with Gasteiger partial charge in [-0.3, -0.25) is 9.59 Å². The van der Waals surface area contributed by atoms with Crippen LogP contribution in [0.4, 0.5) is 11.4 Å². The van der Waals surface area contributed by atoms with Crippen LogP contribution in [0.3, 0.4) is 0 Å². The summed E-state index contributed by atoms with van der Waals surface area (Å²) in [6.45, 7) is 6.02. The van der Waals surface area contributed by atoms with Crippen LogP contribution >= 0.6 is 11.8 Å². The first kappa shape index (κ1) is 23.4. The average Bonchev–Trinajstić information content (AvgIpc) is 2.79. The van der Waals surface area contributed by atoms with E-state index in [1.165, 1.54) is 11.8 Å². The maximum atomic E-state index is 12.9. The Bertz CT molecular complexity index is 1100. The number of carbonyl (C=O) groups excluding carboxylic acids is 2. The van der Waals surface area contributed by atoms with Crippen LogP contribution in [0.2, 0.25) is 0 Å². The minimum Gasteiger partial charge on any atom is -0.497 e. The zero-order valence-corrected chi connectivity index (χ0v) is 19.6. The normalized spacial score (nSPS) is 11.5. The number of methoxy groups -OCH3 is 1. The Morgan fingerprint density at radius 1 is 0.969 bits per heavy atom.